The van der Waals surface area contributed by atoms with Crippen molar-refractivity contribution in [3.8, 4) is 11.5 Å². The zero-order chi connectivity index (χ0) is 18.0. The van der Waals surface area contributed by atoms with Gasteiger partial charge in [-0.05, 0) is 41.8 Å². The normalized spacial score (nSPS) is 14.3. The van der Waals surface area contributed by atoms with Crippen molar-refractivity contribution in [1.29, 1.82) is 0 Å². The van der Waals surface area contributed by atoms with Gasteiger partial charge in [0.15, 0.2) is 11.5 Å². The molecule has 0 aromatic heterocycles. The highest BCUT2D eigenvalue weighted by Crippen LogP contribution is 2.34. The van der Waals surface area contributed by atoms with Gasteiger partial charge in [-0.3, -0.25) is 4.79 Å². The summed E-state index contributed by atoms with van der Waals surface area (Å²) < 4.78 is 11.2. The Bertz CT molecular complexity index is 792. The standard InChI is InChI=1S/C19H19Cl2NO3/c1-11(2)18(12-3-6-16-17(9-12)25-8-7-24-16)22-19(23)14-5-4-13(20)10-15(14)21/h3-6,9-11,18H,7-8H2,1-2H3,(H,22,23). The third-order valence-corrected chi connectivity index (χ3v) is 4.60. The van der Waals surface area contributed by atoms with Gasteiger partial charge in [0.25, 0.3) is 5.91 Å². The Morgan fingerprint density at radius 2 is 1.76 bits per heavy atom. The first-order chi connectivity index (χ1) is 12.0. The van der Waals surface area contributed by atoms with Crippen LogP contribution in [-0.2, 0) is 0 Å². The fourth-order valence-corrected chi connectivity index (χ4v) is 3.28. The summed E-state index contributed by atoms with van der Waals surface area (Å²) in [6.45, 7) is 5.16. The molecule has 1 heterocycles. The van der Waals surface area contributed by atoms with Crippen LogP contribution in [0.15, 0.2) is 36.4 Å². The van der Waals surface area contributed by atoms with E-state index in [9.17, 15) is 4.79 Å². The molecule has 1 amide bonds. The van der Waals surface area contributed by atoms with E-state index in [4.69, 9.17) is 32.7 Å². The fourth-order valence-electron chi connectivity index (χ4n) is 2.78. The van der Waals surface area contributed by atoms with Crippen LogP contribution in [-0.4, -0.2) is 19.1 Å². The van der Waals surface area contributed by atoms with Crippen LogP contribution in [0.3, 0.4) is 0 Å². The molecule has 0 bridgehead atoms. The van der Waals surface area contributed by atoms with E-state index >= 15 is 0 Å². The van der Waals surface area contributed by atoms with E-state index < -0.39 is 0 Å². The van der Waals surface area contributed by atoms with Gasteiger partial charge in [-0.1, -0.05) is 43.1 Å². The minimum atomic E-state index is -0.241. The molecule has 0 aliphatic carbocycles. The van der Waals surface area contributed by atoms with E-state index in [2.05, 4.69) is 5.32 Å². The number of hydrogen-bond donors (Lipinski definition) is 1. The lowest BCUT2D eigenvalue weighted by atomic mass is 9.95. The van der Waals surface area contributed by atoms with Crippen molar-refractivity contribution in [2.24, 2.45) is 5.92 Å². The molecule has 0 saturated heterocycles. The molecule has 2 aromatic rings. The number of hydrogen-bond acceptors (Lipinski definition) is 3. The molecular formula is C19H19Cl2NO3. The number of carbonyl (C=O) groups excluding carboxylic acids is 1. The number of rotatable bonds is 4. The number of amides is 1. The monoisotopic (exact) mass is 379 g/mol. The van der Waals surface area contributed by atoms with Crippen LogP contribution < -0.4 is 14.8 Å². The molecular weight excluding hydrogens is 361 g/mol. The molecule has 1 atom stereocenters. The molecule has 1 unspecified atom stereocenters. The molecule has 4 nitrogen and oxygen atoms in total. The molecule has 1 aliphatic rings. The SMILES string of the molecule is CC(C)C(NC(=O)c1ccc(Cl)cc1Cl)c1ccc2c(c1)OCCO2. The average Bonchev–Trinajstić information content (AvgIpc) is 2.58. The Hall–Kier alpha value is -1.91. The van der Waals surface area contributed by atoms with Crippen molar-refractivity contribution in [3.05, 3.63) is 57.6 Å². The van der Waals surface area contributed by atoms with Crippen molar-refractivity contribution in [2.75, 3.05) is 13.2 Å². The van der Waals surface area contributed by atoms with Crippen molar-refractivity contribution in [1.82, 2.24) is 5.32 Å². The van der Waals surface area contributed by atoms with Gasteiger partial charge in [0.2, 0.25) is 0 Å². The molecule has 3 rings (SSSR count). The molecule has 6 heteroatoms. The summed E-state index contributed by atoms with van der Waals surface area (Å²) in [6, 6.07) is 10.4. The van der Waals surface area contributed by atoms with Gasteiger partial charge in [-0.2, -0.15) is 0 Å². The molecule has 1 N–H and O–H groups in total. The lowest BCUT2D eigenvalue weighted by Gasteiger charge is -2.25. The summed E-state index contributed by atoms with van der Waals surface area (Å²) in [5.41, 5.74) is 1.35. The van der Waals surface area contributed by atoms with Crippen LogP contribution in [0.25, 0.3) is 0 Å². The third kappa shape index (κ3) is 4.02. The zero-order valence-electron chi connectivity index (χ0n) is 14.0. The van der Waals surface area contributed by atoms with Gasteiger partial charge in [0.05, 0.1) is 16.6 Å². The summed E-state index contributed by atoms with van der Waals surface area (Å²) in [5, 5.41) is 3.88. The Kier molecular flexibility index (Phi) is 5.40. The first kappa shape index (κ1) is 17.9. The van der Waals surface area contributed by atoms with E-state index in [0.717, 1.165) is 11.3 Å². The second-order valence-electron chi connectivity index (χ2n) is 6.22. The first-order valence-corrected chi connectivity index (χ1v) is 8.87. The summed E-state index contributed by atoms with van der Waals surface area (Å²) in [4.78, 5) is 12.7. The van der Waals surface area contributed by atoms with Crippen LogP contribution in [0.5, 0.6) is 11.5 Å². The zero-order valence-corrected chi connectivity index (χ0v) is 15.5. The van der Waals surface area contributed by atoms with Gasteiger partial charge in [0, 0.05) is 5.02 Å². The van der Waals surface area contributed by atoms with E-state index in [-0.39, 0.29) is 17.9 Å². The minimum absolute atomic E-state index is 0.178. The average molecular weight is 380 g/mol. The second kappa shape index (κ2) is 7.54. The number of halogens is 2. The molecule has 0 spiro atoms. The molecule has 0 saturated carbocycles. The maximum Gasteiger partial charge on any atom is 0.253 e. The van der Waals surface area contributed by atoms with Crippen LogP contribution >= 0.6 is 23.2 Å². The number of fused-ring (bicyclic) bond motifs is 1. The number of benzene rings is 2. The van der Waals surface area contributed by atoms with Crippen molar-refractivity contribution in [2.45, 2.75) is 19.9 Å². The Morgan fingerprint density at radius 1 is 1.04 bits per heavy atom. The molecule has 1 aliphatic heterocycles. The molecule has 2 aromatic carbocycles. The van der Waals surface area contributed by atoms with Crippen molar-refractivity contribution in [3.63, 3.8) is 0 Å². The van der Waals surface area contributed by atoms with Crippen LogP contribution in [0.1, 0.15) is 35.8 Å². The minimum Gasteiger partial charge on any atom is -0.486 e. The number of carbonyl (C=O) groups is 1. The highest BCUT2D eigenvalue weighted by molar-refractivity contribution is 6.36. The highest BCUT2D eigenvalue weighted by Gasteiger charge is 2.23. The third-order valence-electron chi connectivity index (χ3n) is 4.05. The van der Waals surface area contributed by atoms with Gasteiger partial charge in [-0.15, -0.1) is 0 Å². The summed E-state index contributed by atoms with van der Waals surface area (Å²) >= 11 is 12.0. The quantitative estimate of drug-likeness (QED) is 0.822. The van der Waals surface area contributed by atoms with Crippen LogP contribution in [0, 0.1) is 5.92 Å². The van der Waals surface area contributed by atoms with E-state index in [1.165, 1.54) is 0 Å². The Labute approximate surface area is 157 Å². The van der Waals surface area contributed by atoms with Crippen LogP contribution in [0.2, 0.25) is 10.0 Å². The maximum atomic E-state index is 12.7. The predicted octanol–water partition coefficient (Wildman–Crippen LogP) is 4.89. The Morgan fingerprint density at radius 3 is 2.44 bits per heavy atom. The van der Waals surface area contributed by atoms with Crippen molar-refractivity contribution < 1.29 is 14.3 Å². The second-order valence-corrected chi connectivity index (χ2v) is 7.07. The molecule has 132 valence electrons. The lowest BCUT2D eigenvalue weighted by Crippen LogP contribution is -2.32. The van der Waals surface area contributed by atoms with E-state index in [1.807, 2.05) is 32.0 Å². The molecule has 25 heavy (non-hydrogen) atoms. The fraction of sp³-hybridized carbons (Fsp3) is 0.316. The van der Waals surface area contributed by atoms with Gasteiger partial charge >= 0.3 is 0 Å². The number of nitrogens with one attached hydrogen (secondary N) is 1. The first-order valence-electron chi connectivity index (χ1n) is 8.11. The number of ether oxygens (including phenoxy) is 2. The van der Waals surface area contributed by atoms with Gasteiger partial charge in [-0.25, -0.2) is 0 Å². The van der Waals surface area contributed by atoms with Gasteiger partial charge in [0.1, 0.15) is 13.2 Å². The maximum absolute atomic E-state index is 12.7. The summed E-state index contributed by atoms with van der Waals surface area (Å²) in [5.74, 6) is 1.37. The lowest BCUT2D eigenvalue weighted by molar-refractivity contribution is 0.0925. The summed E-state index contributed by atoms with van der Waals surface area (Å²) in [7, 11) is 0. The smallest absolute Gasteiger partial charge is 0.253 e. The highest BCUT2D eigenvalue weighted by atomic mass is 35.5. The molecule has 0 radical (unpaired) electrons. The van der Waals surface area contributed by atoms with Crippen LogP contribution in [0.4, 0.5) is 0 Å². The molecule has 0 fully saturated rings. The van der Waals surface area contributed by atoms with Crippen molar-refractivity contribution >= 4 is 29.1 Å². The topological polar surface area (TPSA) is 47.6 Å². The van der Waals surface area contributed by atoms with E-state index in [0.29, 0.717) is 34.6 Å². The largest absolute Gasteiger partial charge is 0.486 e. The Balaban J connectivity index is 1.85. The van der Waals surface area contributed by atoms with Gasteiger partial charge < -0.3 is 14.8 Å². The van der Waals surface area contributed by atoms with E-state index in [1.54, 1.807) is 18.2 Å². The predicted molar refractivity (Wildman–Crippen MR) is 98.9 cm³/mol. The summed E-state index contributed by atoms with van der Waals surface area (Å²) in [6.07, 6.45) is 0.